The van der Waals surface area contributed by atoms with Crippen LogP contribution in [0.5, 0.6) is 0 Å². The van der Waals surface area contributed by atoms with E-state index in [1.807, 2.05) is 24.3 Å². The first-order valence-electron chi connectivity index (χ1n) is 7.96. The number of ether oxygens (including phenoxy) is 1. The van der Waals surface area contributed by atoms with Crippen LogP contribution in [-0.4, -0.2) is 17.7 Å². The molecule has 1 aromatic carbocycles. The normalized spacial score (nSPS) is 17.7. The van der Waals surface area contributed by atoms with Crippen LogP contribution in [0, 0.1) is 5.92 Å². The van der Waals surface area contributed by atoms with E-state index >= 15 is 0 Å². The number of aliphatic hydroxyl groups is 1. The summed E-state index contributed by atoms with van der Waals surface area (Å²) in [6.45, 7) is 4.62. The molecule has 1 saturated carbocycles. The number of hydrogen-bond acceptors (Lipinski definition) is 3. The Labute approximate surface area is 127 Å². The Kier molecular flexibility index (Phi) is 5.40. The second kappa shape index (κ2) is 7.08. The van der Waals surface area contributed by atoms with Gasteiger partial charge in [-0.15, -0.1) is 0 Å². The molecule has 0 bridgehead atoms. The molecule has 116 valence electrons. The maximum Gasteiger partial charge on any atom is 0.316 e. The van der Waals surface area contributed by atoms with Gasteiger partial charge in [-0.2, -0.15) is 0 Å². The van der Waals surface area contributed by atoms with Crippen molar-refractivity contribution in [1.82, 2.24) is 0 Å². The third-order valence-corrected chi connectivity index (χ3v) is 4.33. The first-order valence-corrected chi connectivity index (χ1v) is 7.96. The third kappa shape index (κ3) is 3.65. The van der Waals surface area contributed by atoms with Gasteiger partial charge in [-0.3, -0.25) is 4.79 Å². The number of rotatable bonds is 5. The highest BCUT2D eigenvalue weighted by molar-refractivity contribution is 5.83. The molecule has 0 unspecified atom stereocenters. The van der Waals surface area contributed by atoms with Crippen molar-refractivity contribution in [2.24, 2.45) is 5.92 Å². The lowest BCUT2D eigenvalue weighted by Gasteiger charge is -2.35. The summed E-state index contributed by atoms with van der Waals surface area (Å²) in [7, 11) is 0. The number of hydrogen-bond donors (Lipinski definition) is 1. The van der Waals surface area contributed by atoms with E-state index in [0.29, 0.717) is 12.5 Å². The van der Waals surface area contributed by atoms with E-state index in [9.17, 15) is 4.79 Å². The summed E-state index contributed by atoms with van der Waals surface area (Å²) in [5.74, 6) is 0.277. The maximum atomic E-state index is 12.7. The van der Waals surface area contributed by atoms with Crippen molar-refractivity contribution in [3.8, 4) is 0 Å². The van der Waals surface area contributed by atoms with Crippen LogP contribution in [0.15, 0.2) is 24.3 Å². The lowest BCUT2D eigenvalue weighted by Crippen LogP contribution is -2.40. The average molecular weight is 290 g/mol. The van der Waals surface area contributed by atoms with Gasteiger partial charge in [-0.05, 0) is 29.9 Å². The summed E-state index contributed by atoms with van der Waals surface area (Å²) in [6, 6.07) is 7.77. The molecule has 0 aromatic heterocycles. The molecular weight excluding hydrogens is 264 g/mol. The van der Waals surface area contributed by atoms with Gasteiger partial charge >= 0.3 is 5.97 Å². The van der Waals surface area contributed by atoms with Crippen LogP contribution < -0.4 is 0 Å². The van der Waals surface area contributed by atoms with Gasteiger partial charge in [0.15, 0.2) is 0 Å². The standard InChI is InChI=1S/C18H26O3/c1-14(2)13-21-17(20)18(10-4-3-5-11-18)16-8-6-15(12-19)7-9-16/h6-9,14,19H,3-5,10-13H2,1-2H3. The van der Waals surface area contributed by atoms with Gasteiger partial charge in [0.2, 0.25) is 0 Å². The first-order chi connectivity index (χ1) is 10.1. The molecule has 0 aliphatic heterocycles. The average Bonchev–Trinajstić information content (AvgIpc) is 2.53. The number of carbonyl (C=O) groups excluding carboxylic acids is 1. The van der Waals surface area contributed by atoms with Crippen molar-refractivity contribution in [1.29, 1.82) is 0 Å². The third-order valence-electron chi connectivity index (χ3n) is 4.33. The molecule has 0 radical (unpaired) electrons. The van der Waals surface area contributed by atoms with Crippen molar-refractivity contribution in [3.63, 3.8) is 0 Å². The molecule has 1 fully saturated rings. The summed E-state index contributed by atoms with van der Waals surface area (Å²) in [5.41, 5.74) is 1.43. The van der Waals surface area contributed by atoms with Gasteiger partial charge < -0.3 is 9.84 Å². The van der Waals surface area contributed by atoms with Gasteiger partial charge in [0.05, 0.1) is 18.6 Å². The SMILES string of the molecule is CC(C)COC(=O)C1(c2ccc(CO)cc2)CCCCC1. The Hall–Kier alpha value is -1.35. The Morgan fingerprint density at radius 1 is 1.19 bits per heavy atom. The minimum absolute atomic E-state index is 0.0328. The molecular formula is C18H26O3. The summed E-state index contributed by atoms with van der Waals surface area (Å²) in [5, 5.41) is 9.17. The zero-order valence-corrected chi connectivity index (χ0v) is 13.1. The Morgan fingerprint density at radius 2 is 1.81 bits per heavy atom. The Morgan fingerprint density at radius 3 is 2.33 bits per heavy atom. The lowest BCUT2D eigenvalue weighted by molar-refractivity contribution is -0.153. The topological polar surface area (TPSA) is 46.5 Å². The molecule has 0 amide bonds. The molecule has 3 nitrogen and oxygen atoms in total. The maximum absolute atomic E-state index is 12.7. The van der Waals surface area contributed by atoms with E-state index in [1.165, 1.54) is 6.42 Å². The minimum Gasteiger partial charge on any atom is -0.465 e. The zero-order valence-electron chi connectivity index (χ0n) is 13.1. The second-order valence-corrected chi connectivity index (χ2v) is 6.49. The predicted octanol–water partition coefficient (Wildman–Crippen LogP) is 3.58. The Balaban J connectivity index is 2.25. The smallest absolute Gasteiger partial charge is 0.316 e. The van der Waals surface area contributed by atoms with Gasteiger partial charge in [-0.1, -0.05) is 57.4 Å². The predicted molar refractivity (Wildman–Crippen MR) is 82.9 cm³/mol. The molecule has 1 aromatic rings. The molecule has 3 heteroatoms. The van der Waals surface area contributed by atoms with Crippen LogP contribution in [0.4, 0.5) is 0 Å². The Bertz CT molecular complexity index is 456. The fourth-order valence-corrected chi connectivity index (χ4v) is 3.08. The largest absolute Gasteiger partial charge is 0.465 e. The van der Waals surface area contributed by atoms with E-state index in [2.05, 4.69) is 13.8 Å². The number of aliphatic hydroxyl groups excluding tert-OH is 1. The van der Waals surface area contributed by atoms with Crippen molar-refractivity contribution < 1.29 is 14.6 Å². The minimum atomic E-state index is -0.485. The fourth-order valence-electron chi connectivity index (χ4n) is 3.08. The molecule has 2 rings (SSSR count). The summed E-state index contributed by atoms with van der Waals surface area (Å²) in [6.07, 6.45) is 5.05. The van der Waals surface area contributed by atoms with Crippen molar-refractivity contribution in [2.75, 3.05) is 6.61 Å². The van der Waals surface area contributed by atoms with Crippen LogP contribution in [-0.2, 0) is 21.6 Å². The van der Waals surface area contributed by atoms with Crippen LogP contribution in [0.2, 0.25) is 0 Å². The lowest BCUT2D eigenvalue weighted by atomic mass is 9.69. The summed E-state index contributed by atoms with van der Waals surface area (Å²) in [4.78, 5) is 12.7. The van der Waals surface area contributed by atoms with Crippen LogP contribution in [0.25, 0.3) is 0 Å². The van der Waals surface area contributed by atoms with Crippen molar-refractivity contribution >= 4 is 5.97 Å². The number of benzene rings is 1. The molecule has 0 saturated heterocycles. The first kappa shape index (κ1) is 16.0. The highest BCUT2D eigenvalue weighted by Gasteiger charge is 2.42. The molecule has 0 atom stereocenters. The van der Waals surface area contributed by atoms with Crippen molar-refractivity contribution in [2.45, 2.75) is 58.0 Å². The summed E-state index contributed by atoms with van der Waals surface area (Å²) >= 11 is 0. The van der Waals surface area contributed by atoms with Crippen LogP contribution >= 0.6 is 0 Å². The molecule has 1 N–H and O–H groups in total. The van der Waals surface area contributed by atoms with E-state index in [1.54, 1.807) is 0 Å². The van der Waals surface area contributed by atoms with Crippen LogP contribution in [0.3, 0.4) is 0 Å². The molecule has 0 heterocycles. The number of carbonyl (C=O) groups is 1. The van der Waals surface area contributed by atoms with E-state index in [-0.39, 0.29) is 12.6 Å². The van der Waals surface area contributed by atoms with Gasteiger partial charge in [-0.25, -0.2) is 0 Å². The van der Waals surface area contributed by atoms with Crippen molar-refractivity contribution in [3.05, 3.63) is 35.4 Å². The van der Waals surface area contributed by atoms with E-state index in [4.69, 9.17) is 9.84 Å². The highest BCUT2D eigenvalue weighted by atomic mass is 16.5. The van der Waals surface area contributed by atoms with Gasteiger partial charge in [0.25, 0.3) is 0 Å². The van der Waals surface area contributed by atoms with Gasteiger partial charge in [0, 0.05) is 0 Å². The molecule has 21 heavy (non-hydrogen) atoms. The second-order valence-electron chi connectivity index (χ2n) is 6.49. The van der Waals surface area contributed by atoms with E-state index < -0.39 is 5.41 Å². The number of esters is 1. The quantitative estimate of drug-likeness (QED) is 0.843. The highest BCUT2D eigenvalue weighted by Crippen LogP contribution is 2.40. The molecule has 1 aliphatic rings. The summed E-state index contributed by atoms with van der Waals surface area (Å²) < 4.78 is 5.57. The van der Waals surface area contributed by atoms with Crippen LogP contribution in [0.1, 0.15) is 57.1 Å². The molecule has 0 spiro atoms. The monoisotopic (exact) mass is 290 g/mol. The molecule has 1 aliphatic carbocycles. The van der Waals surface area contributed by atoms with Gasteiger partial charge in [0.1, 0.15) is 0 Å². The van der Waals surface area contributed by atoms with E-state index in [0.717, 1.165) is 36.8 Å². The zero-order chi connectivity index (χ0) is 15.3. The fraction of sp³-hybridized carbons (Fsp3) is 0.611.